The molecule has 0 unspecified atom stereocenters. The Hall–Kier alpha value is -1.52. The van der Waals surface area contributed by atoms with Gasteiger partial charge in [-0.3, -0.25) is 0 Å². The van der Waals surface area contributed by atoms with E-state index in [1.54, 1.807) is 0 Å². The number of benzene rings is 4. The highest BCUT2D eigenvalue weighted by atomic mass is 127. The van der Waals surface area contributed by atoms with Crippen LogP contribution in [0.5, 0.6) is 0 Å². The Morgan fingerprint density at radius 2 is 1.04 bits per heavy atom. The van der Waals surface area contributed by atoms with Gasteiger partial charge >= 0.3 is 0 Å². The predicted octanol–water partition coefficient (Wildman–Crippen LogP) is 2.93. The topological polar surface area (TPSA) is 0 Å². The summed E-state index contributed by atoms with van der Waals surface area (Å²) in [7, 11) is 0.384. The average molecular weight is 454 g/mol. The molecule has 25 heavy (non-hydrogen) atoms. The Morgan fingerprint density at radius 3 is 1.52 bits per heavy atom. The van der Waals surface area contributed by atoms with E-state index in [9.17, 15) is 0 Å². The second-order valence-electron chi connectivity index (χ2n) is 6.71. The second kappa shape index (κ2) is 6.65. The lowest BCUT2D eigenvalue weighted by atomic mass is 9.88. The molecule has 4 aromatic rings. The lowest BCUT2D eigenvalue weighted by molar-refractivity contribution is -0.00000465. The van der Waals surface area contributed by atoms with Crippen molar-refractivity contribution in [3.63, 3.8) is 0 Å². The van der Waals surface area contributed by atoms with Crippen molar-refractivity contribution >= 4 is 32.4 Å². The number of fused-ring (bicyclic) bond motifs is 7. The third-order valence-corrected chi connectivity index (χ3v) is 6.69. The lowest BCUT2D eigenvalue weighted by Crippen LogP contribution is -3.00. The van der Waals surface area contributed by atoms with E-state index in [0.717, 1.165) is 0 Å². The van der Waals surface area contributed by atoms with E-state index in [-0.39, 0.29) is 24.0 Å². The fourth-order valence-corrected chi connectivity index (χ4v) is 5.69. The molecule has 0 saturated heterocycles. The third kappa shape index (κ3) is 2.76. The first kappa shape index (κ1) is 16.9. The number of halogens is 1. The molecule has 1 aliphatic heterocycles. The maximum atomic E-state index is 2.41. The molecule has 0 amide bonds. The Labute approximate surface area is 168 Å². The van der Waals surface area contributed by atoms with Crippen molar-refractivity contribution in [1.82, 2.24) is 0 Å². The molecular formula is C23H19IS. The standard InChI is InChI=1S/C23H19S.HI/c1-24-14-18-12-10-16-6-2-4-8-20(16)22(18)23-19(15-24)13-11-17-7-3-5-9-21(17)23;/h2-13H,14-15H2,1H3;1H/q+1;/p-1. The summed E-state index contributed by atoms with van der Waals surface area (Å²) in [4.78, 5) is 0. The van der Waals surface area contributed by atoms with Gasteiger partial charge in [0.25, 0.3) is 0 Å². The molecule has 0 radical (unpaired) electrons. The first-order valence-electron chi connectivity index (χ1n) is 8.42. The maximum absolute atomic E-state index is 2.41. The molecule has 0 N–H and O–H groups in total. The van der Waals surface area contributed by atoms with Crippen molar-refractivity contribution in [2.75, 3.05) is 6.26 Å². The summed E-state index contributed by atoms with van der Waals surface area (Å²) in [5, 5.41) is 5.47. The molecule has 5 rings (SSSR count). The van der Waals surface area contributed by atoms with Gasteiger partial charge in [-0.25, -0.2) is 0 Å². The summed E-state index contributed by atoms with van der Waals surface area (Å²) in [6.45, 7) is 0. The van der Waals surface area contributed by atoms with E-state index in [1.807, 2.05) is 0 Å². The zero-order valence-corrected chi connectivity index (χ0v) is 17.1. The summed E-state index contributed by atoms with van der Waals surface area (Å²) in [6, 6.07) is 27.0. The molecule has 1 heterocycles. The highest BCUT2D eigenvalue weighted by molar-refractivity contribution is 7.94. The molecule has 1 aliphatic rings. The van der Waals surface area contributed by atoms with Crippen LogP contribution < -0.4 is 24.0 Å². The van der Waals surface area contributed by atoms with Crippen molar-refractivity contribution in [1.29, 1.82) is 0 Å². The van der Waals surface area contributed by atoms with E-state index >= 15 is 0 Å². The summed E-state index contributed by atoms with van der Waals surface area (Å²) in [5.41, 5.74) is 5.96. The van der Waals surface area contributed by atoms with Crippen LogP contribution in [0.1, 0.15) is 11.1 Å². The minimum Gasteiger partial charge on any atom is -1.00 e. The molecule has 0 spiro atoms. The molecule has 0 bridgehead atoms. The van der Waals surface area contributed by atoms with Crippen LogP contribution in [0.15, 0.2) is 72.8 Å². The summed E-state index contributed by atoms with van der Waals surface area (Å²) >= 11 is 0. The van der Waals surface area contributed by atoms with Crippen LogP contribution in [-0.4, -0.2) is 6.26 Å². The van der Waals surface area contributed by atoms with Crippen LogP contribution in [-0.2, 0) is 22.4 Å². The zero-order valence-electron chi connectivity index (χ0n) is 14.1. The van der Waals surface area contributed by atoms with E-state index < -0.39 is 0 Å². The average Bonchev–Trinajstić information content (AvgIpc) is 2.77. The third-order valence-electron chi connectivity index (χ3n) is 5.08. The van der Waals surface area contributed by atoms with Crippen LogP contribution in [0.25, 0.3) is 32.7 Å². The van der Waals surface area contributed by atoms with Gasteiger partial charge in [0.05, 0.1) is 6.26 Å². The predicted molar refractivity (Wildman–Crippen MR) is 108 cm³/mol. The smallest absolute Gasteiger partial charge is 0.133 e. The molecule has 0 nitrogen and oxygen atoms in total. The maximum Gasteiger partial charge on any atom is 0.133 e. The fourth-order valence-electron chi connectivity index (χ4n) is 4.05. The number of hydrogen-bond donors (Lipinski definition) is 0. The van der Waals surface area contributed by atoms with Gasteiger partial charge in [0.2, 0.25) is 0 Å². The quantitative estimate of drug-likeness (QED) is 0.283. The Kier molecular flexibility index (Phi) is 4.50. The summed E-state index contributed by atoms with van der Waals surface area (Å²) in [5.74, 6) is 2.37. The highest BCUT2D eigenvalue weighted by Crippen LogP contribution is 2.42. The monoisotopic (exact) mass is 454 g/mol. The van der Waals surface area contributed by atoms with Gasteiger partial charge in [-0.15, -0.1) is 0 Å². The van der Waals surface area contributed by atoms with Crippen molar-refractivity contribution in [3.8, 4) is 11.1 Å². The van der Waals surface area contributed by atoms with Gasteiger partial charge in [0.1, 0.15) is 11.5 Å². The van der Waals surface area contributed by atoms with Crippen LogP contribution in [0.2, 0.25) is 0 Å². The normalized spacial score (nSPS) is 13.8. The molecule has 0 saturated carbocycles. The minimum absolute atomic E-state index is 0. The zero-order chi connectivity index (χ0) is 16.1. The van der Waals surface area contributed by atoms with Crippen LogP contribution >= 0.6 is 0 Å². The lowest BCUT2D eigenvalue weighted by Gasteiger charge is -2.14. The molecule has 0 fully saturated rings. The first-order chi connectivity index (χ1) is 11.8. The molecule has 4 aromatic carbocycles. The Bertz CT molecular complexity index is 997. The molecular weight excluding hydrogens is 435 g/mol. The SMILES string of the molecule is C[S+]1Cc2ccc3ccccc3c2-c2c(ccc3ccccc23)C1.[I-]. The van der Waals surface area contributed by atoms with Crippen molar-refractivity contribution < 1.29 is 24.0 Å². The second-order valence-corrected chi connectivity index (χ2v) is 8.85. The largest absolute Gasteiger partial charge is 1.00 e. The molecule has 0 atom stereocenters. The van der Waals surface area contributed by atoms with E-state index in [4.69, 9.17) is 0 Å². The summed E-state index contributed by atoms with van der Waals surface area (Å²) in [6.07, 6.45) is 2.41. The van der Waals surface area contributed by atoms with Gasteiger partial charge in [-0.1, -0.05) is 72.8 Å². The van der Waals surface area contributed by atoms with Crippen molar-refractivity contribution in [3.05, 3.63) is 83.9 Å². The Morgan fingerprint density at radius 1 is 0.600 bits per heavy atom. The summed E-state index contributed by atoms with van der Waals surface area (Å²) < 4.78 is 0. The van der Waals surface area contributed by atoms with Gasteiger partial charge < -0.3 is 24.0 Å². The van der Waals surface area contributed by atoms with E-state index in [2.05, 4.69) is 79.1 Å². The molecule has 0 aliphatic carbocycles. The molecule has 2 heteroatoms. The van der Waals surface area contributed by atoms with Crippen molar-refractivity contribution in [2.45, 2.75) is 11.5 Å². The van der Waals surface area contributed by atoms with Gasteiger partial charge in [-0.05, 0) is 43.6 Å². The minimum atomic E-state index is 0. The van der Waals surface area contributed by atoms with Gasteiger partial charge in [0.15, 0.2) is 0 Å². The van der Waals surface area contributed by atoms with Crippen LogP contribution in [0.4, 0.5) is 0 Å². The van der Waals surface area contributed by atoms with E-state index in [0.29, 0.717) is 10.9 Å². The number of hydrogen-bond acceptors (Lipinski definition) is 0. The van der Waals surface area contributed by atoms with E-state index in [1.165, 1.54) is 55.3 Å². The molecule has 0 aromatic heterocycles. The Balaban J connectivity index is 0.00000157. The highest BCUT2D eigenvalue weighted by Gasteiger charge is 2.26. The van der Waals surface area contributed by atoms with Crippen LogP contribution in [0.3, 0.4) is 0 Å². The molecule has 124 valence electrons. The number of rotatable bonds is 0. The van der Waals surface area contributed by atoms with Crippen LogP contribution in [0, 0.1) is 0 Å². The fraction of sp³-hybridized carbons (Fsp3) is 0.130. The first-order valence-corrected chi connectivity index (χ1v) is 10.4. The van der Waals surface area contributed by atoms with Gasteiger partial charge in [-0.2, -0.15) is 0 Å². The van der Waals surface area contributed by atoms with Crippen molar-refractivity contribution in [2.24, 2.45) is 0 Å². The van der Waals surface area contributed by atoms with Gasteiger partial charge in [0, 0.05) is 11.1 Å².